The Labute approximate surface area is 121 Å². The fourth-order valence-corrected chi connectivity index (χ4v) is 2.69. The average Bonchev–Trinajstić information content (AvgIpc) is 2.81. The molecule has 2 nitrogen and oxygen atoms in total. The standard InChI is InChI=1S/C16H14ClFN2/c17-14-5-3-6-15(18)13(14)10-20-9-11(8-19)12-4-1-2-7-16(12)20/h1-7,9H,8,10,19H2. The van der Waals surface area contributed by atoms with Crippen molar-refractivity contribution in [2.24, 2.45) is 5.73 Å². The van der Waals surface area contributed by atoms with E-state index in [1.807, 2.05) is 35.0 Å². The lowest BCUT2D eigenvalue weighted by molar-refractivity contribution is 0.602. The van der Waals surface area contributed by atoms with Crippen LogP contribution in [0.15, 0.2) is 48.7 Å². The summed E-state index contributed by atoms with van der Waals surface area (Å²) >= 11 is 6.09. The summed E-state index contributed by atoms with van der Waals surface area (Å²) in [5, 5.41) is 1.54. The number of hydrogen-bond acceptors (Lipinski definition) is 1. The first kappa shape index (κ1) is 13.2. The Balaban J connectivity index is 2.12. The number of hydrogen-bond donors (Lipinski definition) is 1. The van der Waals surface area contributed by atoms with Crippen LogP contribution in [0.25, 0.3) is 10.9 Å². The van der Waals surface area contributed by atoms with Crippen molar-refractivity contribution in [1.82, 2.24) is 4.57 Å². The Morgan fingerprint density at radius 1 is 1.10 bits per heavy atom. The molecule has 0 amide bonds. The number of benzene rings is 2. The molecular formula is C16H14ClFN2. The van der Waals surface area contributed by atoms with Crippen molar-refractivity contribution in [3.8, 4) is 0 Å². The summed E-state index contributed by atoms with van der Waals surface area (Å²) in [7, 11) is 0. The summed E-state index contributed by atoms with van der Waals surface area (Å²) < 4.78 is 15.9. The van der Waals surface area contributed by atoms with E-state index in [1.165, 1.54) is 6.07 Å². The van der Waals surface area contributed by atoms with Gasteiger partial charge >= 0.3 is 0 Å². The first-order valence-corrected chi connectivity index (χ1v) is 6.78. The zero-order chi connectivity index (χ0) is 14.1. The van der Waals surface area contributed by atoms with Crippen molar-refractivity contribution in [3.63, 3.8) is 0 Å². The summed E-state index contributed by atoms with van der Waals surface area (Å²) in [5.74, 6) is -0.287. The molecule has 102 valence electrons. The Morgan fingerprint density at radius 2 is 1.90 bits per heavy atom. The summed E-state index contributed by atoms with van der Waals surface area (Å²) in [6.07, 6.45) is 1.97. The topological polar surface area (TPSA) is 30.9 Å². The SMILES string of the molecule is NCc1cn(Cc2c(F)cccc2Cl)c2ccccc12. The number of aromatic nitrogens is 1. The number of halogens is 2. The molecule has 0 spiro atoms. The zero-order valence-corrected chi connectivity index (χ0v) is 11.6. The highest BCUT2D eigenvalue weighted by atomic mass is 35.5. The summed E-state index contributed by atoms with van der Waals surface area (Å²) in [4.78, 5) is 0. The predicted molar refractivity (Wildman–Crippen MR) is 80.3 cm³/mol. The van der Waals surface area contributed by atoms with Crippen LogP contribution >= 0.6 is 11.6 Å². The van der Waals surface area contributed by atoms with Gasteiger partial charge in [0.1, 0.15) is 5.82 Å². The van der Waals surface area contributed by atoms with Crippen molar-refractivity contribution < 1.29 is 4.39 Å². The highest BCUT2D eigenvalue weighted by molar-refractivity contribution is 6.31. The molecule has 1 aromatic heterocycles. The molecule has 0 radical (unpaired) electrons. The van der Waals surface area contributed by atoms with Gasteiger partial charge in [0.05, 0.1) is 6.54 Å². The maximum Gasteiger partial charge on any atom is 0.129 e. The van der Waals surface area contributed by atoms with Crippen LogP contribution in [-0.4, -0.2) is 4.57 Å². The number of nitrogens with zero attached hydrogens (tertiary/aromatic N) is 1. The van der Waals surface area contributed by atoms with Gasteiger partial charge in [0.25, 0.3) is 0 Å². The lowest BCUT2D eigenvalue weighted by Gasteiger charge is -2.08. The smallest absolute Gasteiger partial charge is 0.129 e. The summed E-state index contributed by atoms with van der Waals surface area (Å²) in [6, 6.07) is 12.7. The molecule has 0 saturated carbocycles. The largest absolute Gasteiger partial charge is 0.343 e. The van der Waals surface area contributed by atoms with Gasteiger partial charge in [-0.15, -0.1) is 0 Å². The van der Waals surface area contributed by atoms with Gasteiger partial charge in [-0.3, -0.25) is 0 Å². The molecular weight excluding hydrogens is 275 g/mol. The Hall–Kier alpha value is -1.84. The Bertz CT molecular complexity index is 744. The number of rotatable bonds is 3. The molecule has 1 heterocycles. The second kappa shape index (κ2) is 5.27. The fourth-order valence-electron chi connectivity index (χ4n) is 2.47. The number of fused-ring (bicyclic) bond motifs is 1. The minimum atomic E-state index is -0.287. The zero-order valence-electron chi connectivity index (χ0n) is 10.8. The van der Waals surface area contributed by atoms with Crippen molar-refractivity contribution in [2.75, 3.05) is 0 Å². The maximum atomic E-state index is 13.9. The van der Waals surface area contributed by atoms with E-state index in [9.17, 15) is 4.39 Å². The Kier molecular flexibility index (Phi) is 3.47. The van der Waals surface area contributed by atoms with Crippen LogP contribution in [-0.2, 0) is 13.1 Å². The number of nitrogens with two attached hydrogens (primary N) is 1. The van der Waals surface area contributed by atoms with E-state index in [2.05, 4.69) is 0 Å². The van der Waals surface area contributed by atoms with Crippen LogP contribution in [0.3, 0.4) is 0 Å². The van der Waals surface area contributed by atoms with Crippen molar-refractivity contribution in [3.05, 3.63) is 70.6 Å². The third-order valence-electron chi connectivity index (χ3n) is 3.48. The fraction of sp³-hybridized carbons (Fsp3) is 0.125. The van der Waals surface area contributed by atoms with Crippen molar-refractivity contribution in [2.45, 2.75) is 13.1 Å². The van der Waals surface area contributed by atoms with Crippen LogP contribution in [0.4, 0.5) is 4.39 Å². The van der Waals surface area contributed by atoms with E-state index >= 15 is 0 Å². The van der Waals surface area contributed by atoms with E-state index in [4.69, 9.17) is 17.3 Å². The molecule has 0 bridgehead atoms. The van der Waals surface area contributed by atoms with E-state index < -0.39 is 0 Å². The lowest BCUT2D eigenvalue weighted by atomic mass is 10.2. The first-order valence-electron chi connectivity index (χ1n) is 6.40. The molecule has 0 aliphatic heterocycles. The van der Waals surface area contributed by atoms with Crippen LogP contribution < -0.4 is 5.73 Å². The van der Waals surface area contributed by atoms with Gasteiger partial charge in [-0.05, 0) is 23.8 Å². The van der Waals surface area contributed by atoms with E-state index in [-0.39, 0.29) is 5.82 Å². The van der Waals surface area contributed by atoms with Crippen molar-refractivity contribution in [1.29, 1.82) is 0 Å². The highest BCUT2D eigenvalue weighted by Crippen LogP contribution is 2.25. The van der Waals surface area contributed by atoms with E-state index in [0.29, 0.717) is 23.7 Å². The van der Waals surface area contributed by atoms with Gasteiger partial charge in [0, 0.05) is 34.2 Å². The Morgan fingerprint density at radius 3 is 2.65 bits per heavy atom. The molecule has 0 aliphatic carbocycles. The van der Waals surface area contributed by atoms with Crippen LogP contribution in [0, 0.1) is 5.82 Å². The van der Waals surface area contributed by atoms with Crippen LogP contribution in [0.2, 0.25) is 5.02 Å². The van der Waals surface area contributed by atoms with Gasteiger partial charge < -0.3 is 10.3 Å². The minimum absolute atomic E-state index is 0.287. The molecule has 0 aliphatic rings. The lowest BCUT2D eigenvalue weighted by Crippen LogP contribution is -2.02. The molecule has 3 rings (SSSR count). The van der Waals surface area contributed by atoms with Gasteiger partial charge in [0.15, 0.2) is 0 Å². The number of para-hydroxylation sites is 1. The summed E-state index contributed by atoms with van der Waals surface area (Å²) in [6.45, 7) is 0.852. The monoisotopic (exact) mass is 288 g/mol. The average molecular weight is 289 g/mol. The quantitative estimate of drug-likeness (QED) is 0.777. The molecule has 2 aromatic carbocycles. The predicted octanol–water partition coefficient (Wildman–Crippen LogP) is 3.94. The van der Waals surface area contributed by atoms with Gasteiger partial charge in [-0.25, -0.2) is 4.39 Å². The highest BCUT2D eigenvalue weighted by Gasteiger charge is 2.11. The molecule has 0 unspecified atom stereocenters. The molecule has 20 heavy (non-hydrogen) atoms. The molecule has 0 saturated heterocycles. The third kappa shape index (κ3) is 2.19. The molecule has 4 heteroatoms. The molecule has 2 N–H and O–H groups in total. The van der Waals surface area contributed by atoms with Crippen molar-refractivity contribution >= 4 is 22.5 Å². The van der Waals surface area contributed by atoms with Gasteiger partial charge in [0.2, 0.25) is 0 Å². The van der Waals surface area contributed by atoms with Gasteiger partial charge in [-0.1, -0.05) is 35.9 Å². The second-order valence-electron chi connectivity index (χ2n) is 4.70. The van der Waals surface area contributed by atoms with Gasteiger partial charge in [-0.2, -0.15) is 0 Å². The summed E-state index contributed by atoms with van der Waals surface area (Å²) in [5.41, 5.74) is 8.35. The second-order valence-corrected chi connectivity index (χ2v) is 5.11. The third-order valence-corrected chi connectivity index (χ3v) is 3.84. The molecule has 0 atom stereocenters. The first-order chi connectivity index (χ1) is 9.70. The normalized spacial score (nSPS) is 11.2. The minimum Gasteiger partial charge on any atom is -0.343 e. The van der Waals surface area contributed by atoms with E-state index in [1.54, 1.807) is 12.1 Å². The van der Waals surface area contributed by atoms with Crippen LogP contribution in [0.5, 0.6) is 0 Å². The molecule has 0 fully saturated rings. The molecule has 3 aromatic rings. The van der Waals surface area contributed by atoms with Crippen LogP contribution in [0.1, 0.15) is 11.1 Å². The van der Waals surface area contributed by atoms with E-state index in [0.717, 1.165) is 16.5 Å². The maximum absolute atomic E-state index is 13.9.